The van der Waals surface area contributed by atoms with Crippen molar-refractivity contribution in [1.82, 2.24) is 24.3 Å². The molecule has 41 heavy (non-hydrogen) atoms. The molecular weight excluding hydrogens is 538 g/mol. The number of carboxylic acid groups (broad SMARTS) is 4. The van der Waals surface area contributed by atoms with Crippen LogP contribution in [-0.4, -0.2) is 122 Å². The maximum atomic E-state index is 9.55. The maximum absolute atomic E-state index is 9.55. The second kappa shape index (κ2) is 19.8. The third kappa shape index (κ3) is 15.9. The molecular formula is C27H39N5O9. The summed E-state index contributed by atoms with van der Waals surface area (Å²) in [6.07, 6.45) is 7.49. The molecule has 3 heterocycles. The fourth-order valence-electron chi connectivity index (χ4n) is 3.71. The largest absolute Gasteiger partial charge is 0.478 e. The quantitative estimate of drug-likeness (QED) is 0.197. The highest BCUT2D eigenvalue weighted by Gasteiger charge is 2.14. The number of fused-ring (bicyclic) bond motifs is 1. The number of hydrogen-bond acceptors (Lipinski definition) is 9. The van der Waals surface area contributed by atoms with Crippen LogP contribution >= 0.6 is 0 Å². The van der Waals surface area contributed by atoms with E-state index < -0.39 is 23.9 Å². The summed E-state index contributed by atoms with van der Waals surface area (Å²) in [5, 5.41) is 31.2. The number of nitrogens with zero attached hydrogens (tertiary/aromatic N) is 5. The van der Waals surface area contributed by atoms with Crippen LogP contribution in [0.1, 0.15) is 25.6 Å². The van der Waals surface area contributed by atoms with E-state index in [0.29, 0.717) is 30.9 Å². The van der Waals surface area contributed by atoms with E-state index in [1.807, 2.05) is 25.3 Å². The Morgan fingerprint density at radius 1 is 0.878 bits per heavy atom. The molecule has 14 nitrogen and oxygen atoms in total. The first kappa shape index (κ1) is 34.9. The van der Waals surface area contributed by atoms with Crippen LogP contribution in [-0.2, 0) is 36.9 Å². The maximum Gasteiger partial charge on any atom is 0.328 e. The molecule has 1 aliphatic heterocycles. The number of likely N-dealkylation sites (N-methyl/N-ethyl adjacent to an activating group) is 1. The number of piperazine rings is 1. The van der Waals surface area contributed by atoms with Gasteiger partial charge in [-0.05, 0) is 45.5 Å². The number of imidazole rings is 1. The van der Waals surface area contributed by atoms with Gasteiger partial charge in [0.15, 0.2) is 5.65 Å². The van der Waals surface area contributed by atoms with E-state index >= 15 is 0 Å². The van der Waals surface area contributed by atoms with E-state index in [2.05, 4.69) is 26.4 Å². The van der Waals surface area contributed by atoms with Crippen LogP contribution in [0.4, 0.5) is 0 Å². The Morgan fingerprint density at radius 3 is 1.95 bits per heavy atom. The zero-order valence-corrected chi connectivity index (χ0v) is 23.4. The minimum absolute atomic E-state index is 0.558. The third-order valence-electron chi connectivity index (χ3n) is 5.70. The predicted molar refractivity (Wildman–Crippen MR) is 150 cm³/mol. The van der Waals surface area contributed by atoms with E-state index in [-0.39, 0.29) is 0 Å². The van der Waals surface area contributed by atoms with Gasteiger partial charge in [-0.3, -0.25) is 0 Å². The molecule has 0 unspecified atom stereocenters. The topological polar surface area (TPSA) is 196 Å². The van der Waals surface area contributed by atoms with Gasteiger partial charge in [-0.15, -0.1) is 0 Å². The van der Waals surface area contributed by atoms with E-state index in [4.69, 9.17) is 30.1 Å². The second-order valence-corrected chi connectivity index (χ2v) is 8.84. The van der Waals surface area contributed by atoms with E-state index in [1.165, 1.54) is 45.6 Å². The van der Waals surface area contributed by atoms with Gasteiger partial charge in [0.1, 0.15) is 11.3 Å². The Bertz CT molecular complexity index is 1110. The Morgan fingerprint density at radius 2 is 1.44 bits per heavy atom. The van der Waals surface area contributed by atoms with E-state index in [0.717, 1.165) is 36.6 Å². The third-order valence-corrected chi connectivity index (χ3v) is 5.70. The van der Waals surface area contributed by atoms with Gasteiger partial charge in [-0.25, -0.2) is 29.1 Å². The Kier molecular flexibility index (Phi) is 16.9. The molecule has 0 saturated carbocycles. The van der Waals surface area contributed by atoms with Gasteiger partial charge in [0.05, 0.1) is 6.61 Å². The summed E-state index contributed by atoms with van der Waals surface area (Å²) in [6.45, 7) is 10.3. The summed E-state index contributed by atoms with van der Waals surface area (Å²) in [5.74, 6) is -3.88. The summed E-state index contributed by atoms with van der Waals surface area (Å²) in [6, 6.07) is 4.01. The molecule has 0 atom stereocenters. The fraction of sp³-hybridized carbons (Fsp3) is 0.481. The van der Waals surface area contributed by atoms with Crippen molar-refractivity contribution in [3.8, 4) is 0 Å². The molecule has 0 aromatic carbocycles. The Balaban J connectivity index is 0.000000433. The number of aromatic nitrogens is 3. The molecule has 1 fully saturated rings. The molecule has 2 aromatic heterocycles. The first-order valence-corrected chi connectivity index (χ1v) is 13.1. The molecule has 0 amide bonds. The van der Waals surface area contributed by atoms with Crippen LogP contribution < -0.4 is 0 Å². The van der Waals surface area contributed by atoms with Crippen LogP contribution in [0.3, 0.4) is 0 Å². The number of hydrogen-bond donors (Lipinski definition) is 4. The van der Waals surface area contributed by atoms with Crippen molar-refractivity contribution in [3.63, 3.8) is 0 Å². The molecule has 0 radical (unpaired) electrons. The van der Waals surface area contributed by atoms with E-state index in [1.54, 1.807) is 0 Å². The molecule has 0 bridgehead atoms. The number of carboxylic acids is 4. The predicted octanol–water partition coefficient (Wildman–Crippen LogP) is 1.46. The highest BCUT2D eigenvalue weighted by Crippen LogP contribution is 2.16. The molecule has 3 rings (SSSR count). The Labute approximate surface area is 238 Å². The summed E-state index contributed by atoms with van der Waals surface area (Å²) < 4.78 is 7.77. The van der Waals surface area contributed by atoms with Crippen LogP contribution in [0.15, 0.2) is 42.6 Å². The standard InChI is InChI=1S/C19H31N5O.2C4H4O4/c1-3-25-16-15-24-18(21-17-7-6-9-20-19(17)24)8-4-5-10-23-13-11-22(2)12-14-23;2*5-3(6)1-2-4(7)8/h6-7,9H,3-5,8,10-16H2,1-2H3;2*1-2H,(H,5,6)(H,7,8). The number of aryl methyl sites for hydroxylation is 1. The molecule has 0 spiro atoms. The van der Waals surface area contributed by atoms with Crippen molar-refractivity contribution in [3.05, 3.63) is 48.5 Å². The lowest BCUT2D eigenvalue weighted by Crippen LogP contribution is -2.44. The van der Waals surface area contributed by atoms with Crippen LogP contribution in [0.25, 0.3) is 11.2 Å². The number of carbonyl (C=O) groups is 4. The molecule has 226 valence electrons. The summed E-state index contributed by atoms with van der Waals surface area (Å²) >= 11 is 0. The number of unbranched alkanes of at least 4 members (excludes halogenated alkanes) is 1. The number of aliphatic carboxylic acids is 4. The lowest BCUT2D eigenvalue weighted by atomic mass is 10.2. The van der Waals surface area contributed by atoms with Gasteiger partial charge in [0, 0.05) is 76.3 Å². The fourth-order valence-corrected chi connectivity index (χ4v) is 3.71. The Hall–Kier alpha value is -4.14. The average molecular weight is 578 g/mol. The van der Waals surface area contributed by atoms with Gasteiger partial charge >= 0.3 is 23.9 Å². The molecule has 0 aliphatic carbocycles. The van der Waals surface area contributed by atoms with Gasteiger partial charge in [-0.2, -0.15) is 0 Å². The molecule has 1 saturated heterocycles. The molecule has 1 aliphatic rings. The zero-order valence-electron chi connectivity index (χ0n) is 23.4. The SMILES string of the molecule is CCOCCn1c(CCCCN2CCN(C)CC2)nc2cccnc21.O=C(O)C=CC(=O)O.O=C(O)C=CC(=O)O. The summed E-state index contributed by atoms with van der Waals surface area (Å²) in [7, 11) is 2.21. The van der Waals surface area contributed by atoms with Crippen molar-refractivity contribution in [2.75, 3.05) is 53.0 Å². The van der Waals surface area contributed by atoms with Crippen molar-refractivity contribution in [2.24, 2.45) is 0 Å². The van der Waals surface area contributed by atoms with Gasteiger partial charge < -0.3 is 39.5 Å². The monoisotopic (exact) mass is 577 g/mol. The minimum atomic E-state index is -1.26. The van der Waals surface area contributed by atoms with Crippen LogP contribution in [0, 0.1) is 0 Å². The summed E-state index contributed by atoms with van der Waals surface area (Å²) in [4.78, 5) is 52.5. The highest BCUT2D eigenvalue weighted by molar-refractivity contribution is 5.90. The number of ether oxygens (including phenoxy) is 1. The van der Waals surface area contributed by atoms with Gasteiger partial charge in [0.25, 0.3) is 0 Å². The first-order valence-electron chi connectivity index (χ1n) is 13.1. The first-order chi connectivity index (χ1) is 19.5. The molecule has 4 N–H and O–H groups in total. The van der Waals surface area contributed by atoms with Crippen molar-refractivity contribution in [1.29, 1.82) is 0 Å². The van der Waals surface area contributed by atoms with E-state index in [9.17, 15) is 19.2 Å². The number of pyridine rings is 1. The van der Waals surface area contributed by atoms with Crippen LogP contribution in [0.2, 0.25) is 0 Å². The summed E-state index contributed by atoms with van der Waals surface area (Å²) in [5.41, 5.74) is 1.98. The lowest BCUT2D eigenvalue weighted by Gasteiger charge is -2.32. The van der Waals surface area contributed by atoms with Crippen molar-refractivity contribution < 1.29 is 44.3 Å². The molecule has 2 aromatic rings. The zero-order chi connectivity index (χ0) is 30.6. The van der Waals surface area contributed by atoms with Crippen molar-refractivity contribution in [2.45, 2.75) is 32.7 Å². The minimum Gasteiger partial charge on any atom is -0.478 e. The lowest BCUT2D eigenvalue weighted by molar-refractivity contribution is -0.134. The molecule has 14 heteroatoms. The normalized spacial score (nSPS) is 13.9. The highest BCUT2D eigenvalue weighted by atomic mass is 16.5. The van der Waals surface area contributed by atoms with Crippen LogP contribution in [0.5, 0.6) is 0 Å². The average Bonchev–Trinajstić information content (AvgIpc) is 3.28. The van der Waals surface area contributed by atoms with Gasteiger partial charge in [0.2, 0.25) is 0 Å². The second-order valence-electron chi connectivity index (χ2n) is 8.84. The van der Waals surface area contributed by atoms with Gasteiger partial charge in [-0.1, -0.05) is 0 Å². The van der Waals surface area contributed by atoms with Crippen molar-refractivity contribution >= 4 is 35.0 Å². The number of rotatable bonds is 13. The smallest absolute Gasteiger partial charge is 0.328 e.